The van der Waals surface area contributed by atoms with E-state index in [9.17, 15) is 4.39 Å². The van der Waals surface area contributed by atoms with Crippen molar-refractivity contribution < 1.29 is 4.39 Å². The Morgan fingerprint density at radius 3 is 2.67 bits per heavy atom. The van der Waals surface area contributed by atoms with Crippen molar-refractivity contribution in [3.8, 4) is 0 Å². The van der Waals surface area contributed by atoms with Crippen LogP contribution in [0.3, 0.4) is 0 Å². The number of rotatable bonds is 2. The van der Waals surface area contributed by atoms with Gasteiger partial charge in [0.15, 0.2) is 0 Å². The van der Waals surface area contributed by atoms with Gasteiger partial charge in [-0.1, -0.05) is 24.3 Å². The number of amidine groups is 1. The topological polar surface area (TPSA) is 53.1 Å². The van der Waals surface area contributed by atoms with Gasteiger partial charge in [-0.15, -0.1) is 0 Å². The zero-order chi connectivity index (χ0) is 15.0. The van der Waals surface area contributed by atoms with Crippen molar-refractivity contribution in [1.29, 1.82) is 5.41 Å². The van der Waals surface area contributed by atoms with E-state index in [0.717, 1.165) is 18.5 Å². The van der Waals surface area contributed by atoms with Crippen molar-refractivity contribution in [2.75, 3.05) is 4.90 Å². The largest absolute Gasteiger partial charge is 0.384 e. The molecule has 1 atom stereocenters. The van der Waals surface area contributed by atoms with E-state index in [1.165, 1.54) is 11.6 Å². The number of hydrogen-bond donors (Lipinski definition) is 2. The summed E-state index contributed by atoms with van der Waals surface area (Å²) < 4.78 is 14.1. The van der Waals surface area contributed by atoms with Crippen molar-refractivity contribution in [3.05, 3.63) is 59.4 Å². The second-order valence-corrected chi connectivity index (χ2v) is 5.43. The lowest BCUT2D eigenvalue weighted by molar-refractivity contribution is 0.606. The van der Waals surface area contributed by atoms with Crippen LogP contribution in [0.25, 0.3) is 0 Å². The molecule has 1 heterocycles. The first-order valence-corrected chi connectivity index (χ1v) is 7.09. The Morgan fingerprint density at radius 1 is 1.19 bits per heavy atom. The average Bonchev–Trinajstić information content (AvgIpc) is 2.46. The van der Waals surface area contributed by atoms with Crippen molar-refractivity contribution in [2.45, 2.75) is 25.8 Å². The Kier molecular flexibility index (Phi) is 3.37. The van der Waals surface area contributed by atoms with Gasteiger partial charge in [0.25, 0.3) is 0 Å². The van der Waals surface area contributed by atoms with Crippen LogP contribution in [0.1, 0.15) is 24.5 Å². The predicted molar refractivity (Wildman–Crippen MR) is 83.8 cm³/mol. The molecule has 0 spiro atoms. The molecule has 3 N–H and O–H groups in total. The summed E-state index contributed by atoms with van der Waals surface area (Å²) in [4.78, 5) is 2.10. The molecule has 4 heteroatoms. The van der Waals surface area contributed by atoms with Crippen LogP contribution in [0, 0.1) is 11.2 Å². The zero-order valence-corrected chi connectivity index (χ0v) is 11.9. The van der Waals surface area contributed by atoms with Crippen LogP contribution in [0.2, 0.25) is 0 Å². The van der Waals surface area contributed by atoms with Gasteiger partial charge in [-0.25, -0.2) is 4.39 Å². The maximum absolute atomic E-state index is 14.1. The first-order valence-electron chi connectivity index (χ1n) is 7.09. The minimum Gasteiger partial charge on any atom is -0.384 e. The fourth-order valence-corrected chi connectivity index (χ4v) is 3.04. The van der Waals surface area contributed by atoms with E-state index in [1.54, 1.807) is 6.07 Å². The molecule has 1 aliphatic heterocycles. The minimum atomic E-state index is -0.449. The number of fused-ring (bicyclic) bond motifs is 1. The summed E-state index contributed by atoms with van der Waals surface area (Å²) >= 11 is 0. The fourth-order valence-electron chi connectivity index (χ4n) is 3.04. The highest BCUT2D eigenvalue weighted by atomic mass is 19.1. The number of nitrogens with zero attached hydrogens (tertiary/aromatic N) is 1. The predicted octanol–water partition coefficient (Wildman–Crippen LogP) is 3.58. The number of anilines is 2. The van der Waals surface area contributed by atoms with Gasteiger partial charge < -0.3 is 10.6 Å². The van der Waals surface area contributed by atoms with Crippen LogP contribution < -0.4 is 10.6 Å². The molecule has 3 nitrogen and oxygen atoms in total. The number of nitrogens with two attached hydrogens (primary N) is 1. The number of nitrogen functional groups attached to an aromatic ring is 1. The maximum Gasteiger partial charge on any atom is 0.136 e. The van der Waals surface area contributed by atoms with Gasteiger partial charge in [0.05, 0.1) is 11.3 Å². The van der Waals surface area contributed by atoms with E-state index in [4.69, 9.17) is 11.1 Å². The molecule has 0 fully saturated rings. The molecule has 2 aromatic carbocycles. The summed E-state index contributed by atoms with van der Waals surface area (Å²) in [6, 6.07) is 13.2. The first-order chi connectivity index (χ1) is 10.1. The highest BCUT2D eigenvalue weighted by Crippen LogP contribution is 2.38. The third kappa shape index (κ3) is 2.27. The van der Waals surface area contributed by atoms with Crippen LogP contribution in [0.5, 0.6) is 0 Å². The van der Waals surface area contributed by atoms with E-state index in [1.807, 2.05) is 24.3 Å². The summed E-state index contributed by atoms with van der Waals surface area (Å²) in [5, 5.41) is 7.70. The van der Waals surface area contributed by atoms with Crippen LogP contribution >= 0.6 is 0 Å². The lowest BCUT2D eigenvalue weighted by atomic mass is 9.95. The smallest absolute Gasteiger partial charge is 0.136 e. The van der Waals surface area contributed by atoms with Crippen LogP contribution in [0.4, 0.5) is 15.8 Å². The summed E-state index contributed by atoms with van der Waals surface area (Å²) in [7, 11) is 0. The van der Waals surface area contributed by atoms with Gasteiger partial charge in [-0.2, -0.15) is 0 Å². The van der Waals surface area contributed by atoms with Gasteiger partial charge in [0.1, 0.15) is 11.7 Å². The lowest BCUT2D eigenvalue weighted by Gasteiger charge is -2.38. The number of halogens is 1. The average molecular weight is 283 g/mol. The zero-order valence-electron chi connectivity index (χ0n) is 11.9. The highest BCUT2D eigenvalue weighted by Gasteiger charge is 2.27. The molecule has 108 valence electrons. The molecule has 0 saturated heterocycles. The number of aryl methyl sites for hydroxylation is 1. The molecular formula is C17H18FN3. The van der Waals surface area contributed by atoms with Gasteiger partial charge in [-0.05, 0) is 43.5 Å². The molecule has 21 heavy (non-hydrogen) atoms. The Hall–Kier alpha value is -2.36. The van der Waals surface area contributed by atoms with E-state index < -0.39 is 5.82 Å². The van der Waals surface area contributed by atoms with E-state index >= 15 is 0 Å². The van der Waals surface area contributed by atoms with Crippen molar-refractivity contribution >= 4 is 17.2 Å². The molecule has 2 aromatic rings. The van der Waals surface area contributed by atoms with Crippen molar-refractivity contribution in [2.24, 2.45) is 5.73 Å². The summed E-state index contributed by atoms with van der Waals surface area (Å²) in [5.74, 6) is -0.686. The summed E-state index contributed by atoms with van der Waals surface area (Å²) in [6.45, 7) is 2.12. The quantitative estimate of drug-likeness (QED) is 0.654. The van der Waals surface area contributed by atoms with Crippen LogP contribution in [0.15, 0.2) is 42.5 Å². The maximum atomic E-state index is 14.1. The summed E-state index contributed by atoms with van der Waals surface area (Å²) in [5.41, 5.74) is 8.77. The molecule has 0 saturated carbocycles. The van der Waals surface area contributed by atoms with Crippen LogP contribution in [-0.2, 0) is 6.42 Å². The van der Waals surface area contributed by atoms with Gasteiger partial charge in [-0.3, -0.25) is 5.41 Å². The number of nitrogens with one attached hydrogen (secondary N) is 1. The Balaban J connectivity index is 2.21. The number of benzene rings is 2. The molecule has 3 rings (SSSR count). The van der Waals surface area contributed by atoms with Crippen molar-refractivity contribution in [3.63, 3.8) is 0 Å². The Bertz CT molecular complexity index is 696. The van der Waals surface area contributed by atoms with Crippen molar-refractivity contribution in [1.82, 2.24) is 0 Å². The third-order valence-electron chi connectivity index (χ3n) is 4.04. The molecule has 0 amide bonds. The summed E-state index contributed by atoms with van der Waals surface area (Å²) in [6.07, 6.45) is 2.00. The number of para-hydroxylation sites is 1. The minimum absolute atomic E-state index is 0.182. The first kappa shape index (κ1) is 13.6. The highest BCUT2D eigenvalue weighted by molar-refractivity contribution is 6.01. The number of hydrogen-bond acceptors (Lipinski definition) is 2. The molecule has 1 unspecified atom stereocenters. The Labute approximate surface area is 123 Å². The SMILES string of the molecule is CC1CCc2ccccc2N1c1cccc(F)c1C(=N)N. The van der Waals surface area contributed by atoms with E-state index in [2.05, 4.69) is 17.9 Å². The second kappa shape index (κ2) is 5.20. The molecule has 0 radical (unpaired) electrons. The molecule has 0 bridgehead atoms. The normalized spacial score (nSPS) is 17.4. The molecule has 0 aliphatic carbocycles. The van der Waals surface area contributed by atoms with E-state index in [0.29, 0.717) is 5.69 Å². The third-order valence-corrected chi connectivity index (χ3v) is 4.04. The Morgan fingerprint density at radius 2 is 1.90 bits per heavy atom. The lowest BCUT2D eigenvalue weighted by Crippen LogP contribution is -2.35. The molecule has 0 aromatic heterocycles. The second-order valence-electron chi connectivity index (χ2n) is 5.43. The molecule has 1 aliphatic rings. The van der Waals surface area contributed by atoms with Gasteiger partial charge in [0.2, 0.25) is 0 Å². The van der Waals surface area contributed by atoms with Gasteiger partial charge in [0, 0.05) is 11.7 Å². The van der Waals surface area contributed by atoms with Gasteiger partial charge >= 0.3 is 0 Å². The monoisotopic (exact) mass is 283 g/mol. The van der Waals surface area contributed by atoms with E-state index in [-0.39, 0.29) is 17.4 Å². The van der Waals surface area contributed by atoms with Crippen LogP contribution in [-0.4, -0.2) is 11.9 Å². The molecular weight excluding hydrogens is 265 g/mol. The fraction of sp³-hybridized carbons (Fsp3) is 0.235. The standard InChI is InChI=1S/C17H18FN3/c1-11-9-10-12-5-2-3-7-14(12)21(11)15-8-4-6-13(18)16(15)17(19)20/h2-8,11H,9-10H2,1H3,(H3,19,20).